The Bertz CT molecular complexity index is 517. The van der Waals surface area contributed by atoms with E-state index in [2.05, 4.69) is 4.98 Å². The molecule has 1 heterocycles. The molecular weight excluding hydrogens is 202 g/mol. The molecule has 82 valence electrons. The quantitative estimate of drug-likeness (QED) is 0.722. The second-order valence-electron chi connectivity index (χ2n) is 3.67. The van der Waals surface area contributed by atoms with Crippen molar-refractivity contribution in [1.29, 1.82) is 0 Å². The fourth-order valence-electron chi connectivity index (χ4n) is 1.78. The zero-order chi connectivity index (χ0) is 11.5. The molecule has 0 radical (unpaired) electrons. The first-order valence-corrected chi connectivity index (χ1v) is 5.15. The van der Waals surface area contributed by atoms with Crippen molar-refractivity contribution < 1.29 is 9.53 Å². The number of benzene rings is 1. The smallest absolute Gasteiger partial charge is 0.312 e. The van der Waals surface area contributed by atoms with Crippen LogP contribution in [0.2, 0.25) is 0 Å². The fourth-order valence-corrected chi connectivity index (χ4v) is 1.78. The van der Waals surface area contributed by atoms with E-state index in [4.69, 9.17) is 4.74 Å². The predicted molar refractivity (Wildman–Crippen MR) is 62.2 cm³/mol. The van der Waals surface area contributed by atoms with Crippen LogP contribution in [0.3, 0.4) is 0 Å². The van der Waals surface area contributed by atoms with Crippen LogP contribution in [0, 0.1) is 0 Å². The van der Waals surface area contributed by atoms with Gasteiger partial charge in [-0.25, -0.2) is 0 Å². The van der Waals surface area contributed by atoms with E-state index in [-0.39, 0.29) is 11.9 Å². The summed E-state index contributed by atoms with van der Waals surface area (Å²) in [6.45, 7) is 1.83. The maximum atomic E-state index is 11.5. The lowest BCUT2D eigenvalue weighted by atomic mass is 9.98. The molecule has 16 heavy (non-hydrogen) atoms. The lowest BCUT2D eigenvalue weighted by Gasteiger charge is -2.11. The molecule has 0 aliphatic heterocycles. The number of hydrogen-bond donors (Lipinski definition) is 0. The Balaban J connectivity index is 2.56. The molecule has 1 aromatic carbocycles. The largest absolute Gasteiger partial charge is 0.469 e. The highest BCUT2D eigenvalue weighted by atomic mass is 16.5. The third-order valence-corrected chi connectivity index (χ3v) is 2.69. The lowest BCUT2D eigenvalue weighted by Crippen LogP contribution is -2.11. The van der Waals surface area contributed by atoms with Gasteiger partial charge in [0, 0.05) is 11.6 Å². The lowest BCUT2D eigenvalue weighted by molar-refractivity contribution is -0.141. The van der Waals surface area contributed by atoms with Gasteiger partial charge in [-0.15, -0.1) is 0 Å². The van der Waals surface area contributed by atoms with Gasteiger partial charge in [0.2, 0.25) is 0 Å². The number of pyridine rings is 1. The number of para-hydroxylation sites is 1. The summed E-state index contributed by atoms with van der Waals surface area (Å²) in [4.78, 5) is 15.8. The molecule has 0 spiro atoms. The molecule has 0 bridgehead atoms. The molecule has 0 saturated carbocycles. The average Bonchev–Trinajstić information content (AvgIpc) is 2.36. The second kappa shape index (κ2) is 4.31. The van der Waals surface area contributed by atoms with Gasteiger partial charge in [0.1, 0.15) is 0 Å². The van der Waals surface area contributed by atoms with Gasteiger partial charge >= 0.3 is 5.97 Å². The van der Waals surface area contributed by atoms with Crippen LogP contribution in [0.4, 0.5) is 0 Å². The first-order valence-electron chi connectivity index (χ1n) is 5.15. The van der Waals surface area contributed by atoms with Crippen LogP contribution in [0.1, 0.15) is 18.4 Å². The number of rotatable bonds is 2. The Morgan fingerprint density at radius 2 is 2.06 bits per heavy atom. The molecule has 0 fully saturated rings. The van der Waals surface area contributed by atoms with E-state index in [1.165, 1.54) is 7.11 Å². The van der Waals surface area contributed by atoms with Crippen LogP contribution in [-0.4, -0.2) is 18.1 Å². The molecule has 3 nitrogen and oxygen atoms in total. The monoisotopic (exact) mass is 215 g/mol. The van der Waals surface area contributed by atoms with Crippen molar-refractivity contribution >= 4 is 16.9 Å². The summed E-state index contributed by atoms with van der Waals surface area (Å²) in [7, 11) is 1.40. The molecule has 0 saturated heterocycles. The van der Waals surface area contributed by atoms with Gasteiger partial charge in [-0.05, 0) is 18.6 Å². The summed E-state index contributed by atoms with van der Waals surface area (Å²) in [6, 6.07) is 9.69. The molecule has 0 aliphatic carbocycles. The molecule has 2 rings (SSSR count). The number of fused-ring (bicyclic) bond motifs is 1. The highest BCUT2D eigenvalue weighted by Crippen LogP contribution is 2.24. The van der Waals surface area contributed by atoms with Gasteiger partial charge < -0.3 is 4.74 Å². The van der Waals surface area contributed by atoms with Gasteiger partial charge in [-0.3, -0.25) is 9.78 Å². The number of nitrogens with zero attached hydrogens (tertiary/aromatic N) is 1. The van der Waals surface area contributed by atoms with Gasteiger partial charge in [0.15, 0.2) is 0 Å². The Morgan fingerprint density at radius 1 is 1.31 bits per heavy atom. The van der Waals surface area contributed by atoms with Crippen LogP contribution in [0.25, 0.3) is 10.9 Å². The SMILES string of the molecule is COC(=O)C(C)c1cccc2cccnc12. The highest BCUT2D eigenvalue weighted by Gasteiger charge is 2.18. The Morgan fingerprint density at radius 3 is 2.81 bits per heavy atom. The normalized spacial score (nSPS) is 12.4. The Hall–Kier alpha value is -1.90. The van der Waals surface area contributed by atoms with E-state index in [0.717, 1.165) is 16.5 Å². The average molecular weight is 215 g/mol. The first kappa shape index (κ1) is 10.6. The van der Waals surface area contributed by atoms with Gasteiger partial charge in [-0.1, -0.05) is 24.3 Å². The van der Waals surface area contributed by atoms with E-state index < -0.39 is 0 Å². The van der Waals surface area contributed by atoms with Crippen LogP contribution in [0.15, 0.2) is 36.5 Å². The van der Waals surface area contributed by atoms with Crippen molar-refractivity contribution in [3.8, 4) is 0 Å². The van der Waals surface area contributed by atoms with E-state index in [1.54, 1.807) is 6.20 Å². The summed E-state index contributed by atoms with van der Waals surface area (Å²) in [5.41, 5.74) is 1.77. The number of methoxy groups -OCH3 is 1. The van der Waals surface area contributed by atoms with Crippen molar-refractivity contribution in [3.05, 3.63) is 42.1 Å². The summed E-state index contributed by atoms with van der Waals surface area (Å²) in [5, 5.41) is 1.04. The summed E-state index contributed by atoms with van der Waals surface area (Å²) in [6.07, 6.45) is 1.73. The summed E-state index contributed by atoms with van der Waals surface area (Å²) >= 11 is 0. The van der Waals surface area contributed by atoms with Crippen molar-refractivity contribution in [3.63, 3.8) is 0 Å². The third kappa shape index (κ3) is 1.76. The van der Waals surface area contributed by atoms with Crippen molar-refractivity contribution in [2.24, 2.45) is 0 Å². The van der Waals surface area contributed by atoms with Crippen molar-refractivity contribution in [2.45, 2.75) is 12.8 Å². The van der Waals surface area contributed by atoms with Crippen LogP contribution >= 0.6 is 0 Å². The number of ether oxygens (including phenoxy) is 1. The molecule has 1 atom stereocenters. The molecule has 1 unspecified atom stereocenters. The molecule has 2 aromatic rings. The van der Waals surface area contributed by atoms with E-state index in [0.29, 0.717) is 0 Å². The van der Waals surface area contributed by atoms with Gasteiger partial charge in [0.25, 0.3) is 0 Å². The number of esters is 1. The third-order valence-electron chi connectivity index (χ3n) is 2.69. The van der Waals surface area contributed by atoms with Gasteiger partial charge in [-0.2, -0.15) is 0 Å². The van der Waals surface area contributed by atoms with E-state index in [9.17, 15) is 4.79 Å². The number of aromatic nitrogens is 1. The standard InChI is InChI=1S/C13H13NO2/c1-9(13(15)16-2)11-7-3-5-10-6-4-8-14-12(10)11/h3-9H,1-2H3. The molecule has 0 amide bonds. The molecular formula is C13H13NO2. The van der Waals surface area contributed by atoms with Crippen LogP contribution in [0.5, 0.6) is 0 Å². The predicted octanol–water partition coefficient (Wildman–Crippen LogP) is 2.51. The molecule has 0 N–H and O–H groups in total. The molecule has 1 aromatic heterocycles. The minimum absolute atomic E-state index is 0.238. The molecule has 0 aliphatic rings. The summed E-state index contributed by atoms with van der Waals surface area (Å²) < 4.78 is 4.75. The second-order valence-corrected chi connectivity index (χ2v) is 3.67. The topological polar surface area (TPSA) is 39.2 Å². The maximum absolute atomic E-state index is 11.5. The van der Waals surface area contributed by atoms with E-state index >= 15 is 0 Å². The van der Waals surface area contributed by atoms with Crippen LogP contribution in [-0.2, 0) is 9.53 Å². The van der Waals surface area contributed by atoms with Gasteiger partial charge in [0.05, 0.1) is 18.5 Å². The zero-order valence-electron chi connectivity index (χ0n) is 9.31. The van der Waals surface area contributed by atoms with Crippen molar-refractivity contribution in [2.75, 3.05) is 7.11 Å². The number of hydrogen-bond acceptors (Lipinski definition) is 3. The van der Waals surface area contributed by atoms with E-state index in [1.807, 2.05) is 37.3 Å². The fraction of sp³-hybridized carbons (Fsp3) is 0.231. The summed E-state index contributed by atoms with van der Waals surface area (Å²) in [5.74, 6) is -0.526. The number of carbonyl (C=O) groups excluding carboxylic acids is 1. The highest BCUT2D eigenvalue weighted by molar-refractivity contribution is 5.88. The Kier molecular flexibility index (Phi) is 2.86. The number of carbonyl (C=O) groups is 1. The zero-order valence-corrected chi connectivity index (χ0v) is 9.31. The Labute approximate surface area is 94.1 Å². The maximum Gasteiger partial charge on any atom is 0.312 e. The van der Waals surface area contributed by atoms with Crippen LogP contribution < -0.4 is 0 Å². The minimum Gasteiger partial charge on any atom is -0.469 e. The minimum atomic E-state index is -0.288. The van der Waals surface area contributed by atoms with Crippen molar-refractivity contribution in [1.82, 2.24) is 4.98 Å². The first-order chi connectivity index (χ1) is 7.74. The molecule has 3 heteroatoms.